The van der Waals surface area contributed by atoms with Gasteiger partial charge in [0, 0.05) is 11.5 Å². The van der Waals surface area contributed by atoms with Crippen LogP contribution >= 0.6 is 0 Å². The van der Waals surface area contributed by atoms with Gasteiger partial charge in [0.15, 0.2) is 0 Å². The van der Waals surface area contributed by atoms with E-state index in [4.69, 9.17) is 4.42 Å². The Bertz CT molecular complexity index is 1020. The molecule has 0 fully saturated rings. The summed E-state index contributed by atoms with van der Waals surface area (Å²) in [6.45, 7) is -0.145. The Labute approximate surface area is 138 Å². The molecule has 2 heterocycles. The number of nitrogens with zero attached hydrogens (tertiary/aromatic N) is 1. The van der Waals surface area contributed by atoms with Crippen LogP contribution in [0.3, 0.4) is 0 Å². The molecule has 6 nitrogen and oxygen atoms in total. The van der Waals surface area contributed by atoms with Crippen LogP contribution in [0.1, 0.15) is 11.5 Å². The highest BCUT2D eigenvalue weighted by Gasteiger charge is 2.41. The number of benzene rings is 2. The number of carboxylic acids is 1. The van der Waals surface area contributed by atoms with Crippen LogP contribution in [0.25, 0.3) is 11.0 Å². The molecular formula is C17H13NO5S. The number of furan rings is 1. The van der Waals surface area contributed by atoms with Crippen molar-refractivity contribution in [1.82, 2.24) is 0 Å². The average molecular weight is 343 g/mol. The predicted molar refractivity (Wildman–Crippen MR) is 87.6 cm³/mol. The van der Waals surface area contributed by atoms with Gasteiger partial charge in [0.25, 0.3) is 10.0 Å². The smallest absolute Gasteiger partial charge is 0.312 e. The first-order valence-electron chi connectivity index (χ1n) is 7.31. The number of fused-ring (bicyclic) bond motifs is 2. The van der Waals surface area contributed by atoms with Crippen molar-refractivity contribution in [3.8, 4) is 0 Å². The van der Waals surface area contributed by atoms with Crippen LogP contribution in [-0.2, 0) is 14.8 Å². The number of aliphatic carboxylic acids is 1. The first-order chi connectivity index (χ1) is 11.5. The highest BCUT2D eigenvalue weighted by Crippen LogP contribution is 2.40. The highest BCUT2D eigenvalue weighted by molar-refractivity contribution is 7.92. The maximum atomic E-state index is 13.0. The Balaban J connectivity index is 1.84. The normalized spacial score (nSPS) is 17.2. The fraction of sp³-hybridized carbons (Fsp3) is 0.118. The molecule has 1 aliphatic rings. The van der Waals surface area contributed by atoms with Crippen molar-refractivity contribution in [3.63, 3.8) is 0 Å². The number of hydrogen-bond acceptors (Lipinski definition) is 4. The van der Waals surface area contributed by atoms with Gasteiger partial charge in [-0.05, 0) is 17.7 Å². The van der Waals surface area contributed by atoms with Crippen LogP contribution in [0, 0.1) is 0 Å². The summed E-state index contributed by atoms with van der Waals surface area (Å²) in [5, 5.41) is 9.87. The summed E-state index contributed by atoms with van der Waals surface area (Å²) in [5.74, 6) is -1.94. The lowest BCUT2D eigenvalue weighted by atomic mass is 10.0. The number of sulfonamides is 1. The first-order valence-corrected chi connectivity index (χ1v) is 8.75. The lowest BCUT2D eigenvalue weighted by molar-refractivity contribution is -0.138. The van der Waals surface area contributed by atoms with Crippen LogP contribution in [0.4, 0.5) is 5.69 Å². The maximum Gasteiger partial charge on any atom is 0.312 e. The summed E-state index contributed by atoms with van der Waals surface area (Å²) < 4.78 is 32.5. The topological polar surface area (TPSA) is 87.8 Å². The summed E-state index contributed by atoms with van der Waals surface area (Å²) >= 11 is 0. The van der Waals surface area contributed by atoms with Crippen LogP contribution in [0.2, 0.25) is 0 Å². The summed E-state index contributed by atoms with van der Waals surface area (Å²) in [4.78, 5) is 11.5. The Morgan fingerprint density at radius 1 is 1.12 bits per heavy atom. The van der Waals surface area contributed by atoms with Crippen molar-refractivity contribution < 1.29 is 22.7 Å². The zero-order valence-electron chi connectivity index (χ0n) is 12.4. The zero-order chi connectivity index (χ0) is 16.9. The summed E-state index contributed by atoms with van der Waals surface area (Å²) in [7, 11) is -3.98. The molecule has 0 spiro atoms. The summed E-state index contributed by atoms with van der Waals surface area (Å²) in [5.41, 5.74) is 1.34. The minimum absolute atomic E-state index is 0.145. The quantitative estimate of drug-likeness (QED) is 0.790. The molecule has 122 valence electrons. The Morgan fingerprint density at radius 2 is 1.83 bits per heavy atom. The molecule has 1 aliphatic heterocycles. The molecule has 1 N–H and O–H groups in total. The van der Waals surface area contributed by atoms with Gasteiger partial charge in [-0.2, -0.15) is 8.42 Å². The van der Waals surface area contributed by atoms with Gasteiger partial charge >= 0.3 is 5.97 Å². The maximum absolute atomic E-state index is 13.0. The van der Waals surface area contributed by atoms with Gasteiger partial charge in [0.05, 0.1) is 12.2 Å². The van der Waals surface area contributed by atoms with E-state index in [9.17, 15) is 18.3 Å². The molecule has 0 saturated heterocycles. The van der Waals surface area contributed by atoms with Crippen LogP contribution in [0.15, 0.2) is 64.1 Å². The van der Waals surface area contributed by atoms with Gasteiger partial charge in [-0.25, -0.2) is 0 Å². The third kappa shape index (κ3) is 2.09. The second kappa shape index (κ2) is 5.10. The van der Waals surface area contributed by atoms with Crippen molar-refractivity contribution in [3.05, 3.63) is 60.2 Å². The van der Waals surface area contributed by atoms with Crippen molar-refractivity contribution in [1.29, 1.82) is 0 Å². The van der Waals surface area contributed by atoms with Gasteiger partial charge in [-0.1, -0.05) is 36.4 Å². The Morgan fingerprint density at radius 3 is 2.58 bits per heavy atom. The van der Waals surface area contributed by atoms with E-state index in [1.165, 1.54) is 6.07 Å². The molecule has 3 aromatic rings. The third-order valence-corrected chi connectivity index (χ3v) is 5.81. The van der Waals surface area contributed by atoms with Crippen molar-refractivity contribution in [2.45, 2.75) is 11.0 Å². The fourth-order valence-corrected chi connectivity index (χ4v) is 4.46. The number of rotatable bonds is 3. The fourth-order valence-electron chi connectivity index (χ4n) is 3.00. The first kappa shape index (κ1) is 14.8. The molecule has 4 rings (SSSR count). The van der Waals surface area contributed by atoms with Gasteiger partial charge in [0.1, 0.15) is 11.5 Å². The molecule has 0 aliphatic carbocycles. The molecule has 1 atom stereocenters. The number of hydrogen-bond donors (Lipinski definition) is 1. The van der Waals surface area contributed by atoms with E-state index >= 15 is 0 Å². The van der Waals surface area contributed by atoms with Gasteiger partial charge < -0.3 is 9.52 Å². The molecule has 7 heteroatoms. The largest absolute Gasteiger partial charge is 0.481 e. The Hall–Kier alpha value is -2.80. The van der Waals surface area contributed by atoms with E-state index in [0.29, 0.717) is 22.2 Å². The Kier molecular flexibility index (Phi) is 3.14. The minimum atomic E-state index is -3.98. The van der Waals surface area contributed by atoms with E-state index in [1.807, 2.05) is 0 Å². The molecule has 0 saturated carbocycles. The van der Waals surface area contributed by atoms with Crippen LogP contribution < -0.4 is 4.31 Å². The predicted octanol–water partition coefficient (Wildman–Crippen LogP) is 2.81. The van der Waals surface area contributed by atoms with Crippen molar-refractivity contribution in [2.24, 2.45) is 0 Å². The lowest BCUT2D eigenvalue weighted by Gasteiger charge is -2.17. The van der Waals surface area contributed by atoms with Crippen LogP contribution in [-0.4, -0.2) is 26.0 Å². The zero-order valence-corrected chi connectivity index (χ0v) is 13.2. The monoisotopic (exact) mass is 343 g/mol. The second-order valence-electron chi connectivity index (χ2n) is 5.59. The lowest BCUT2D eigenvalue weighted by Crippen LogP contribution is -2.31. The second-order valence-corrected chi connectivity index (χ2v) is 7.38. The molecule has 0 bridgehead atoms. The highest BCUT2D eigenvalue weighted by atomic mass is 32.2. The van der Waals surface area contributed by atoms with E-state index in [1.54, 1.807) is 48.5 Å². The molecule has 1 aromatic heterocycles. The van der Waals surface area contributed by atoms with Gasteiger partial charge in [-0.3, -0.25) is 9.10 Å². The van der Waals surface area contributed by atoms with Gasteiger partial charge in [-0.15, -0.1) is 0 Å². The molecule has 1 unspecified atom stereocenters. The standard InChI is InChI=1S/C17H13NO5S/c19-17(20)13-10-18(14-7-3-2-6-12(13)14)24(21,22)16-9-11-5-1-4-8-15(11)23-16/h1-9,13H,10H2,(H,19,20). The van der Waals surface area contributed by atoms with E-state index in [-0.39, 0.29) is 11.6 Å². The molecule has 0 radical (unpaired) electrons. The number of para-hydroxylation sites is 2. The van der Waals surface area contributed by atoms with Gasteiger partial charge in [0.2, 0.25) is 5.09 Å². The van der Waals surface area contributed by atoms with E-state index in [0.717, 1.165) is 4.31 Å². The van der Waals surface area contributed by atoms with E-state index in [2.05, 4.69) is 0 Å². The molecule has 2 aromatic carbocycles. The average Bonchev–Trinajstić information content (AvgIpc) is 3.17. The summed E-state index contributed by atoms with van der Waals surface area (Å²) in [6, 6.07) is 15.1. The number of carbonyl (C=O) groups is 1. The number of carboxylic acid groups (broad SMARTS) is 1. The molecule has 24 heavy (non-hydrogen) atoms. The van der Waals surface area contributed by atoms with Crippen LogP contribution in [0.5, 0.6) is 0 Å². The third-order valence-electron chi connectivity index (χ3n) is 4.17. The van der Waals surface area contributed by atoms with E-state index < -0.39 is 21.9 Å². The minimum Gasteiger partial charge on any atom is -0.481 e. The van der Waals surface area contributed by atoms with Crippen molar-refractivity contribution >= 4 is 32.6 Å². The van der Waals surface area contributed by atoms with Crippen molar-refractivity contribution in [2.75, 3.05) is 10.8 Å². The SMILES string of the molecule is O=C(O)C1CN(S(=O)(=O)c2cc3ccccc3o2)c2ccccc21. The number of anilines is 1. The molecular weight excluding hydrogens is 330 g/mol. The molecule has 0 amide bonds. The summed E-state index contributed by atoms with van der Waals surface area (Å²) in [6.07, 6.45) is 0.